The zero-order chi connectivity index (χ0) is 13.1. The van der Waals surface area contributed by atoms with Gasteiger partial charge in [-0.2, -0.15) is 0 Å². The Morgan fingerprint density at radius 1 is 1.44 bits per heavy atom. The van der Waals surface area contributed by atoms with Gasteiger partial charge in [-0.1, -0.05) is 11.3 Å². The van der Waals surface area contributed by atoms with Crippen LogP contribution in [0.4, 0.5) is 10.9 Å². The number of anilines is 2. The van der Waals surface area contributed by atoms with Gasteiger partial charge in [-0.25, -0.2) is 9.78 Å². The van der Waals surface area contributed by atoms with E-state index in [1.54, 1.807) is 6.92 Å². The third-order valence-electron chi connectivity index (χ3n) is 2.89. The van der Waals surface area contributed by atoms with E-state index in [0.29, 0.717) is 22.4 Å². The number of nitrogen functional groups attached to an aromatic ring is 1. The molecule has 7 heteroatoms. The normalized spacial score (nSPS) is 16.9. The highest BCUT2D eigenvalue weighted by molar-refractivity contribution is 7.17. The Morgan fingerprint density at radius 2 is 2.11 bits per heavy atom. The van der Waals surface area contributed by atoms with Crippen LogP contribution in [-0.4, -0.2) is 55.7 Å². The van der Waals surface area contributed by atoms with Gasteiger partial charge in [-0.05, 0) is 14.0 Å². The number of nitrogens with two attached hydrogens (primary N) is 1. The lowest BCUT2D eigenvalue weighted by Gasteiger charge is -2.32. The molecule has 0 aliphatic carbocycles. The van der Waals surface area contributed by atoms with E-state index in [-0.39, 0.29) is 5.97 Å². The molecule has 1 fully saturated rings. The van der Waals surface area contributed by atoms with Gasteiger partial charge in [0.25, 0.3) is 0 Å². The minimum Gasteiger partial charge on any atom is -0.462 e. The Morgan fingerprint density at radius 3 is 2.72 bits per heavy atom. The van der Waals surface area contributed by atoms with Crippen LogP contribution >= 0.6 is 11.3 Å². The van der Waals surface area contributed by atoms with Crippen LogP contribution in [0.1, 0.15) is 16.6 Å². The van der Waals surface area contributed by atoms with Gasteiger partial charge in [0.2, 0.25) is 0 Å². The molecule has 0 saturated carbocycles. The average molecular weight is 270 g/mol. The number of hydrogen-bond acceptors (Lipinski definition) is 7. The molecule has 100 valence electrons. The number of esters is 1. The number of aromatic nitrogens is 1. The molecule has 0 radical (unpaired) electrons. The predicted octanol–water partition coefficient (Wildman–Crippen LogP) is 0.654. The van der Waals surface area contributed by atoms with E-state index in [0.717, 1.165) is 26.2 Å². The molecule has 2 heterocycles. The van der Waals surface area contributed by atoms with Crippen LogP contribution in [0.25, 0.3) is 0 Å². The van der Waals surface area contributed by atoms with Crippen LogP contribution in [0, 0.1) is 0 Å². The van der Waals surface area contributed by atoms with Crippen molar-refractivity contribution in [1.82, 2.24) is 9.88 Å². The summed E-state index contributed by atoms with van der Waals surface area (Å²) < 4.78 is 5.03. The number of rotatable bonds is 3. The van der Waals surface area contributed by atoms with Gasteiger partial charge >= 0.3 is 5.97 Å². The molecule has 6 nitrogen and oxygen atoms in total. The SMILES string of the molecule is CCOC(=O)c1sc(N)nc1N1CCN(C)CC1. The molecule has 1 aliphatic heterocycles. The second-order valence-corrected chi connectivity index (χ2v) is 5.25. The first-order chi connectivity index (χ1) is 8.61. The maximum absolute atomic E-state index is 11.8. The molecule has 2 rings (SSSR count). The summed E-state index contributed by atoms with van der Waals surface area (Å²) >= 11 is 1.19. The number of piperazine rings is 1. The Bertz CT molecular complexity index is 427. The van der Waals surface area contributed by atoms with Gasteiger partial charge in [-0.3, -0.25) is 0 Å². The fourth-order valence-electron chi connectivity index (χ4n) is 1.89. The van der Waals surface area contributed by atoms with E-state index in [1.807, 2.05) is 0 Å². The first-order valence-corrected chi connectivity index (χ1v) is 6.80. The van der Waals surface area contributed by atoms with Crippen LogP contribution in [-0.2, 0) is 4.74 Å². The zero-order valence-corrected chi connectivity index (χ0v) is 11.5. The van der Waals surface area contributed by atoms with Crippen molar-refractivity contribution < 1.29 is 9.53 Å². The summed E-state index contributed by atoms with van der Waals surface area (Å²) in [6.45, 7) is 5.77. The maximum Gasteiger partial charge on any atom is 0.352 e. The van der Waals surface area contributed by atoms with Crippen LogP contribution < -0.4 is 10.6 Å². The van der Waals surface area contributed by atoms with Crippen molar-refractivity contribution in [3.8, 4) is 0 Å². The largest absolute Gasteiger partial charge is 0.462 e. The van der Waals surface area contributed by atoms with Gasteiger partial charge in [0.1, 0.15) is 0 Å². The lowest BCUT2D eigenvalue weighted by molar-refractivity contribution is 0.0532. The maximum atomic E-state index is 11.8. The predicted molar refractivity (Wildman–Crippen MR) is 72.2 cm³/mol. The van der Waals surface area contributed by atoms with Crippen LogP contribution in [0.15, 0.2) is 0 Å². The zero-order valence-electron chi connectivity index (χ0n) is 10.7. The van der Waals surface area contributed by atoms with Crippen LogP contribution in [0.2, 0.25) is 0 Å². The molecule has 1 aromatic heterocycles. The minimum absolute atomic E-state index is 0.333. The molecule has 0 spiro atoms. The lowest BCUT2D eigenvalue weighted by Crippen LogP contribution is -2.45. The summed E-state index contributed by atoms with van der Waals surface area (Å²) in [6.07, 6.45) is 0. The van der Waals surface area contributed by atoms with Crippen molar-refractivity contribution in [2.45, 2.75) is 6.92 Å². The summed E-state index contributed by atoms with van der Waals surface area (Å²) in [6, 6.07) is 0. The number of hydrogen-bond donors (Lipinski definition) is 1. The van der Waals surface area contributed by atoms with E-state index in [4.69, 9.17) is 10.5 Å². The van der Waals surface area contributed by atoms with Gasteiger partial charge in [0.15, 0.2) is 15.8 Å². The first kappa shape index (κ1) is 13.1. The molecule has 1 aromatic rings. The van der Waals surface area contributed by atoms with E-state index >= 15 is 0 Å². The lowest BCUT2D eigenvalue weighted by atomic mass is 10.3. The number of carbonyl (C=O) groups excluding carboxylic acids is 1. The first-order valence-electron chi connectivity index (χ1n) is 5.98. The van der Waals surface area contributed by atoms with Gasteiger partial charge in [0.05, 0.1) is 6.61 Å². The molecular weight excluding hydrogens is 252 g/mol. The Kier molecular flexibility index (Phi) is 4.03. The molecular formula is C11H18N4O2S. The number of thiazole rings is 1. The van der Waals surface area contributed by atoms with Crippen molar-refractivity contribution in [2.24, 2.45) is 0 Å². The standard InChI is InChI=1S/C11H18N4O2S/c1-3-17-10(16)8-9(13-11(12)18-8)15-6-4-14(2)5-7-15/h3-7H2,1-2H3,(H2,12,13). The van der Waals surface area contributed by atoms with E-state index in [2.05, 4.69) is 21.8 Å². The van der Waals surface area contributed by atoms with Crippen LogP contribution in [0.3, 0.4) is 0 Å². The molecule has 0 atom stereocenters. The highest BCUT2D eigenvalue weighted by Crippen LogP contribution is 2.29. The van der Waals surface area contributed by atoms with Crippen molar-refractivity contribution in [2.75, 3.05) is 50.5 Å². The van der Waals surface area contributed by atoms with E-state index in [1.165, 1.54) is 11.3 Å². The third kappa shape index (κ3) is 2.73. The fraction of sp³-hybridized carbons (Fsp3) is 0.636. The average Bonchev–Trinajstić information content (AvgIpc) is 2.73. The van der Waals surface area contributed by atoms with Crippen molar-refractivity contribution in [1.29, 1.82) is 0 Å². The topological polar surface area (TPSA) is 71.7 Å². The Labute approximate surface area is 110 Å². The smallest absolute Gasteiger partial charge is 0.352 e. The van der Waals surface area contributed by atoms with Crippen molar-refractivity contribution in [3.05, 3.63) is 4.88 Å². The number of likely N-dealkylation sites (N-methyl/N-ethyl adjacent to an activating group) is 1. The summed E-state index contributed by atoms with van der Waals surface area (Å²) in [5.41, 5.74) is 5.71. The third-order valence-corrected chi connectivity index (χ3v) is 3.74. The monoisotopic (exact) mass is 270 g/mol. The van der Waals surface area contributed by atoms with Gasteiger partial charge in [0, 0.05) is 26.2 Å². The van der Waals surface area contributed by atoms with E-state index in [9.17, 15) is 4.79 Å². The highest BCUT2D eigenvalue weighted by atomic mass is 32.1. The molecule has 1 saturated heterocycles. The van der Waals surface area contributed by atoms with Crippen molar-refractivity contribution in [3.63, 3.8) is 0 Å². The molecule has 2 N–H and O–H groups in total. The second-order valence-electron chi connectivity index (χ2n) is 4.22. The molecule has 1 aliphatic rings. The fourth-order valence-corrected chi connectivity index (χ4v) is 2.64. The molecule has 0 aromatic carbocycles. The van der Waals surface area contributed by atoms with Crippen LogP contribution in [0.5, 0.6) is 0 Å². The molecule has 18 heavy (non-hydrogen) atoms. The number of nitrogens with zero attached hydrogens (tertiary/aromatic N) is 3. The molecule has 0 unspecified atom stereocenters. The van der Waals surface area contributed by atoms with Crippen molar-refractivity contribution >= 4 is 28.3 Å². The highest BCUT2D eigenvalue weighted by Gasteiger charge is 2.25. The second kappa shape index (κ2) is 5.53. The van der Waals surface area contributed by atoms with E-state index < -0.39 is 0 Å². The summed E-state index contributed by atoms with van der Waals surface area (Å²) in [7, 11) is 2.08. The van der Waals surface area contributed by atoms with Gasteiger partial charge in [-0.15, -0.1) is 0 Å². The Balaban J connectivity index is 2.19. The minimum atomic E-state index is -0.333. The quantitative estimate of drug-likeness (QED) is 0.813. The number of carbonyl (C=O) groups is 1. The Hall–Kier alpha value is -1.34. The molecule has 0 bridgehead atoms. The number of ether oxygens (including phenoxy) is 1. The summed E-state index contributed by atoms with van der Waals surface area (Å²) in [5, 5.41) is 0.409. The summed E-state index contributed by atoms with van der Waals surface area (Å²) in [4.78, 5) is 21.0. The summed E-state index contributed by atoms with van der Waals surface area (Å²) in [5.74, 6) is 0.338. The van der Waals surface area contributed by atoms with Gasteiger partial charge < -0.3 is 20.3 Å². The molecule has 0 amide bonds.